The largest absolute Gasteiger partial charge is 0.437 e. The molecular formula is C22H28N2O4S. The molecule has 1 heterocycles. The molecule has 0 radical (unpaired) electrons. The number of Topliss-reactive ketones (excluding diaryl/α,β-unsaturated/α-hetero) is 1. The van der Waals surface area contributed by atoms with Crippen molar-refractivity contribution in [1.29, 1.82) is 0 Å². The van der Waals surface area contributed by atoms with Crippen LogP contribution >= 0.6 is 11.8 Å². The molecule has 0 N–H and O–H groups in total. The van der Waals surface area contributed by atoms with Gasteiger partial charge in [-0.25, -0.2) is 9.98 Å². The highest BCUT2D eigenvalue weighted by Crippen LogP contribution is 2.36. The number of aliphatic imine (C=N–C) groups is 1. The second kappa shape index (κ2) is 10.5. The average Bonchev–Trinajstić information content (AvgIpc) is 2.69. The Bertz CT molecular complexity index is 858. The van der Waals surface area contributed by atoms with Crippen molar-refractivity contribution in [2.24, 2.45) is 4.99 Å². The molecule has 6 nitrogen and oxygen atoms in total. The minimum atomic E-state index is -0.907. The summed E-state index contributed by atoms with van der Waals surface area (Å²) in [6, 6.07) is 11.5. The summed E-state index contributed by atoms with van der Waals surface area (Å²) >= 11 is 1.39. The zero-order valence-electron chi connectivity index (χ0n) is 17.8. The number of carbonyl (C=O) groups excluding carboxylic acids is 1. The fourth-order valence-corrected chi connectivity index (χ4v) is 3.18. The lowest BCUT2D eigenvalue weighted by Crippen LogP contribution is -2.26. The number of hydrogen-bond acceptors (Lipinski definition) is 7. The molecule has 1 aromatic carbocycles. The summed E-state index contributed by atoms with van der Waals surface area (Å²) in [5.74, 6) is 0.918. The number of benzene rings is 1. The number of para-hydroxylation sites is 1. The molecule has 29 heavy (non-hydrogen) atoms. The van der Waals surface area contributed by atoms with Crippen LogP contribution in [0.5, 0.6) is 11.6 Å². The molecule has 0 atom stereocenters. The second-order valence-corrected chi connectivity index (χ2v) is 8.21. The maximum absolute atomic E-state index is 12.3. The van der Waals surface area contributed by atoms with Crippen LogP contribution < -0.4 is 4.74 Å². The first-order valence-electron chi connectivity index (χ1n) is 9.22. The first kappa shape index (κ1) is 23.1. The van der Waals surface area contributed by atoms with Gasteiger partial charge in [-0.3, -0.25) is 4.79 Å². The van der Waals surface area contributed by atoms with Crippen LogP contribution in [0.1, 0.15) is 32.8 Å². The van der Waals surface area contributed by atoms with Gasteiger partial charge in [-0.05, 0) is 29.9 Å². The van der Waals surface area contributed by atoms with E-state index in [1.807, 2.05) is 36.6 Å². The number of carbonyl (C=O) groups is 1. The molecular weight excluding hydrogens is 388 g/mol. The number of aromatic nitrogens is 1. The van der Waals surface area contributed by atoms with Gasteiger partial charge in [0.05, 0.1) is 11.5 Å². The Morgan fingerprint density at radius 1 is 1.14 bits per heavy atom. The molecule has 0 amide bonds. The summed E-state index contributed by atoms with van der Waals surface area (Å²) in [7, 11) is 2.86. The van der Waals surface area contributed by atoms with Crippen LogP contribution in [0.3, 0.4) is 0 Å². The predicted molar refractivity (Wildman–Crippen MR) is 117 cm³/mol. The minimum Gasteiger partial charge on any atom is -0.437 e. The van der Waals surface area contributed by atoms with E-state index < -0.39 is 6.29 Å². The van der Waals surface area contributed by atoms with Gasteiger partial charge in [0.2, 0.25) is 12.2 Å². The highest BCUT2D eigenvalue weighted by Gasteiger charge is 2.21. The monoisotopic (exact) mass is 416 g/mol. The third-order valence-electron chi connectivity index (χ3n) is 4.15. The van der Waals surface area contributed by atoms with Crippen LogP contribution in [-0.2, 0) is 19.7 Å². The Kier molecular flexibility index (Phi) is 8.37. The van der Waals surface area contributed by atoms with Gasteiger partial charge in [0.25, 0.3) is 0 Å². The van der Waals surface area contributed by atoms with Crippen LogP contribution in [0.15, 0.2) is 47.6 Å². The van der Waals surface area contributed by atoms with E-state index in [1.54, 1.807) is 12.3 Å². The number of nitrogens with zero attached hydrogens (tertiary/aromatic N) is 2. The Labute approximate surface area is 176 Å². The van der Waals surface area contributed by atoms with Gasteiger partial charge in [-0.1, -0.05) is 39.0 Å². The number of rotatable bonds is 8. The van der Waals surface area contributed by atoms with E-state index >= 15 is 0 Å². The topological polar surface area (TPSA) is 70.0 Å². The van der Waals surface area contributed by atoms with E-state index in [0.717, 1.165) is 11.3 Å². The van der Waals surface area contributed by atoms with Gasteiger partial charge in [0.1, 0.15) is 11.4 Å². The molecule has 0 aliphatic heterocycles. The lowest BCUT2D eigenvalue weighted by Gasteiger charge is -2.22. The highest BCUT2D eigenvalue weighted by atomic mass is 32.2. The number of pyridine rings is 1. The standard InChI is InChI=1S/C22H28N2O4S/c1-22(2,3)15-10-7-8-12-18(15)28-20-16(11-9-13-23-20)24-19(29-6)14-17(25)21(26-4)27-5/h7-13,21H,14H2,1-6H3. The minimum absolute atomic E-state index is 0.0824. The molecule has 0 aliphatic carbocycles. The maximum atomic E-state index is 12.3. The van der Waals surface area contributed by atoms with Crippen LogP contribution in [0.4, 0.5) is 5.69 Å². The third-order valence-corrected chi connectivity index (χ3v) is 4.86. The van der Waals surface area contributed by atoms with Crippen LogP contribution in [0.2, 0.25) is 0 Å². The number of thioether (sulfide) groups is 1. The van der Waals surface area contributed by atoms with Gasteiger partial charge in [-0.15, -0.1) is 11.8 Å². The van der Waals surface area contributed by atoms with Gasteiger partial charge in [0, 0.05) is 26.0 Å². The average molecular weight is 417 g/mol. The third kappa shape index (κ3) is 6.39. The van der Waals surface area contributed by atoms with Crippen LogP contribution in [0, 0.1) is 0 Å². The molecule has 7 heteroatoms. The predicted octanol–water partition coefficient (Wildman–Crippen LogP) is 5.14. The number of ether oxygens (including phenoxy) is 3. The van der Waals surface area contributed by atoms with Crippen molar-refractivity contribution in [3.8, 4) is 11.6 Å². The Morgan fingerprint density at radius 2 is 1.83 bits per heavy atom. The fourth-order valence-electron chi connectivity index (χ4n) is 2.71. The van der Waals surface area contributed by atoms with Crippen molar-refractivity contribution in [3.05, 3.63) is 48.2 Å². The SMILES string of the molecule is COC(OC)C(=O)CC(=Nc1cccnc1Oc1ccccc1C(C)(C)C)SC. The molecule has 2 aromatic rings. The number of ketones is 1. The number of hydrogen-bond donors (Lipinski definition) is 0. The lowest BCUT2D eigenvalue weighted by molar-refractivity contribution is -0.155. The molecule has 0 aliphatic rings. The summed E-state index contributed by atoms with van der Waals surface area (Å²) in [6.45, 7) is 6.39. The van der Waals surface area contributed by atoms with Gasteiger partial charge in [-0.2, -0.15) is 0 Å². The zero-order chi connectivity index (χ0) is 21.4. The van der Waals surface area contributed by atoms with Gasteiger partial charge in [0.15, 0.2) is 5.78 Å². The van der Waals surface area contributed by atoms with E-state index in [0.29, 0.717) is 16.6 Å². The molecule has 0 saturated carbocycles. The zero-order valence-corrected chi connectivity index (χ0v) is 18.6. The first-order valence-corrected chi connectivity index (χ1v) is 10.4. The van der Waals surface area contributed by atoms with E-state index in [2.05, 4.69) is 30.7 Å². The highest BCUT2D eigenvalue weighted by molar-refractivity contribution is 8.13. The fraction of sp³-hybridized carbons (Fsp3) is 0.409. The summed E-state index contributed by atoms with van der Waals surface area (Å²) in [4.78, 5) is 21.3. The van der Waals surface area contributed by atoms with Gasteiger partial charge < -0.3 is 14.2 Å². The van der Waals surface area contributed by atoms with E-state index in [4.69, 9.17) is 14.2 Å². The maximum Gasteiger partial charge on any atom is 0.245 e. The molecule has 0 spiro atoms. The van der Waals surface area contributed by atoms with E-state index in [-0.39, 0.29) is 17.6 Å². The van der Waals surface area contributed by atoms with Crippen molar-refractivity contribution in [2.75, 3.05) is 20.5 Å². The lowest BCUT2D eigenvalue weighted by atomic mass is 9.86. The van der Waals surface area contributed by atoms with E-state index in [1.165, 1.54) is 26.0 Å². The van der Waals surface area contributed by atoms with Crippen molar-refractivity contribution in [3.63, 3.8) is 0 Å². The first-order chi connectivity index (χ1) is 13.8. The Morgan fingerprint density at radius 3 is 2.45 bits per heavy atom. The second-order valence-electron chi connectivity index (χ2n) is 7.33. The summed E-state index contributed by atoms with van der Waals surface area (Å²) in [5, 5.41) is 0.621. The molecule has 156 valence electrons. The van der Waals surface area contributed by atoms with Crippen molar-refractivity contribution in [1.82, 2.24) is 4.98 Å². The summed E-state index contributed by atoms with van der Waals surface area (Å²) in [6.07, 6.45) is 2.72. The quantitative estimate of drug-likeness (QED) is 0.337. The van der Waals surface area contributed by atoms with Crippen molar-refractivity contribution >= 4 is 28.3 Å². The summed E-state index contributed by atoms with van der Waals surface area (Å²) < 4.78 is 16.2. The van der Waals surface area contributed by atoms with Crippen molar-refractivity contribution in [2.45, 2.75) is 38.9 Å². The number of methoxy groups -OCH3 is 2. The molecule has 0 saturated heterocycles. The Balaban J connectivity index is 2.33. The smallest absolute Gasteiger partial charge is 0.245 e. The Hall–Kier alpha value is -2.22. The molecule has 0 fully saturated rings. The van der Waals surface area contributed by atoms with Crippen LogP contribution in [-0.4, -0.2) is 42.6 Å². The molecule has 0 bridgehead atoms. The normalized spacial score (nSPS) is 12.3. The van der Waals surface area contributed by atoms with Crippen LogP contribution in [0.25, 0.3) is 0 Å². The molecule has 1 aromatic heterocycles. The van der Waals surface area contributed by atoms with Gasteiger partial charge >= 0.3 is 0 Å². The molecule has 2 rings (SSSR count). The summed E-state index contributed by atoms with van der Waals surface area (Å²) in [5.41, 5.74) is 1.55. The molecule has 0 unspecified atom stereocenters. The van der Waals surface area contributed by atoms with E-state index in [9.17, 15) is 4.79 Å². The van der Waals surface area contributed by atoms with Crippen molar-refractivity contribution < 1.29 is 19.0 Å².